The summed E-state index contributed by atoms with van der Waals surface area (Å²) in [6.07, 6.45) is -0.730. The number of hydrogen-bond donors (Lipinski definition) is 0. The molecule has 7 rings (SSSR count). The maximum absolute atomic E-state index is 15.2. The maximum atomic E-state index is 15.2. The summed E-state index contributed by atoms with van der Waals surface area (Å²) >= 11 is 0. The summed E-state index contributed by atoms with van der Waals surface area (Å²) < 4.78 is 28.0. The molecule has 0 aromatic heterocycles. The lowest BCUT2D eigenvalue weighted by molar-refractivity contribution is -0.0653. The van der Waals surface area contributed by atoms with Gasteiger partial charge in [0.2, 0.25) is 0 Å². The molecule has 6 heteroatoms. The summed E-state index contributed by atoms with van der Waals surface area (Å²) in [6, 6.07) is 52.9. The zero-order valence-corrected chi connectivity index (χ0v) is 25.9. The number of benzene rings is 6. The zero-order valence-electron chi connectivity index (χ0n) is 25.1. The molecule has 46 heavy (non-hydrogen) atoms. The molecule has 1 amide bonds. The third-order valence-electron chi connectivity index (χ3n) is 8.38. The van der Waals surface area contributed by atoms with Gasteiger partial charge in [0.1, 0.15) is 12.6 Å². The Morgan fingerprint density at radius 3 is 1.41 bits per heavy atom. The van der Waals surface area contributed by atoms with Gasteiger partial charge in [-0.15, -0.1) is 0 Å². The Morgan fingerprint density at radius 1 is 0.565 bits per heavy atom. The monoisotopic (exact) mass is 621 g/mol. The molecule has 1 aliphatic rings. The highest BCUT2D eigenvalue weighted by molar-refractivity contribution is 7.74. The number of carbonyl (C=O) groups excluding carboxylic acids is 1. The molecule has 0 aliphatic heterocycles. The van der Waals surface area contributed by atoms with Crippen molar-refractivity contribution in [2.45, 2.75) is 12.0 Å². The molecule has 0 unspecified atom stereocenters. The van der Waals surface area contributed by atoms with Crippen LogP contribution in [0.2, 0.25) is 0 Å². The van der Waals surface area contributed by atoms with E-state index in [0.717, 1.165) is 33.4 Å². The summed E-state index contributed by atoms with van der Waals surface area (Å²) in [4.78, 5) is 14.5. The molecule has 0 spiro atoms. The van der Waals surface area contributed by atoms with E-state index in [9.17, 15) is 4.79 Å². The molecule has 0 bridgehead atoms. The van der Waals surface area contributed by atoms with Crippen LogP contribution >= 0.6 is 7.37 Å². The second-order valence-electron chi connectivity index (χ2n) is 11.2. The highest BCUT2D eigenvalue weighted by Crippen LogP contribution is 2.49. The molecule has 0 radical (unpaired) electrons. The minimum Gasteiger partial charge on any atom is -0.447 e. The van der Waals surface area contributed by atoms with Crippen LogP contribution in [0.4, 0.5) is 4.79 Å². The first-order valence-corrected chi connectivity index (χ1v) is 16.9. The number of ether oxygens (including phenoxy) is 1. The zero-order chi connectivity index (χ0) is 31.3. The molecule has 0 atom stereocenters. The molecule has 0 fully saturated rings. The Kier molecular flexibility index (Phi) is 8.35. The van der Waals surface area contributed by atoms with Gasteiger partial charge in [0.25, 0.3) is 7.37 Å². The van der Waals surface area contributed by atoms with Crippen LogP contribution in [0.5, 0.6) is 0 Å². The number of hydrogen-bond acceptors (Lipinski definition) is 4. The van der Waals surface area contributed by atoms with E-state index in [0.29, 0.717) is 10.6 Å². The third kappa shape index (κ3) is 5.67. The second-order valence-corrected chi connectivity index (χ2v) is 13.5. The van der Waals surface area contributed by atoms with Gasteiger partial charge in [0.05, 0.1) is 0 Å². The third-order valence-corrected chi connectivity index (χ3v) is 10.7. The van der Waals surface area contributed by atoms with Crippen molar-refractivity contribution >= 4 is 24.1 Å². The van der Waals surface area contributed by atoms with Crippen LogP contribution in [0.15, 0.2) is 170 Å². The van der Waals surface area contributed by atoms with E-state index in [2.05, 4.69) is 24.3 Å². The predicted molar refractivity (Wildman–Crippen MR) is 182 cm³/mol. The van der Waals surface area contributed by atoms with Gasteiger partial charge in [-0.3, -0.25) is 4.57 Å². The molecular weight excluding hydrogens is 589 g/mol. The number of fused-ring (bicyclic) bond motifs is 3. The van der Waals surface area contributed by atoms with Crippen LogP contribution in [0.1, 0.15) is 34.2 Å². The van der Waals surface area contributed by atoms with Crippen molar-refractivity contribution in [2.24, 2.45) is 0 Å². The van der Waals surface area contributed by atoms with Gasteiger partial charge in [-0.25, -0.2) is 4.79 Å². The van der Waals surface area contributed by atoms with Crippen LogP contribution < -0.4 is 10.6 Å². The number of nitrogens with zero attached hydrogens (tertiary/aromatic N) is 1. The fourth-order valence-corrected chi connectivity index (χ4v) is 8.22. The van der Waals surface area contributed by atoms with Crippen LogP contribution in [0.3, 0.4) is 0 Å². The van der Waals surface area contributed by atoms with E-state index in [4.69, 9.17) is 9.36 Å². The van der Waals surface area contributed by atoms with Crippen LogP contribution in [-0.4, -0.2) is 17.8 Å². The Bertz CT molecular complexity index is 1860. The molecule has 1 aliphatic carbocycles. The van der Waals surface area contributed by atoms with Gasteiger partial charge in [0, 0.05) is 16.5 Å². The molecule has 0 N–H and O–H groups in total. The first kappa shape index (κ1) is 29.5. The summed E-state index contributed by atoms with van der Waals surface area (Å²) in [5.74, 6) is -0.153. The summed E-state index contributed by atoms with van der Waals surface area (Å²) in [7, 11) is -3.86. The smallest absolute Gasteiger partial charge is 0.435 e. The molecule has 5 nitrogen and oxygen atoms in total. The summed E-state index contributed by atoms with van der Waals surface area (Å²) in [6.45, 7) is 0.0873. The van der Waals surface area contributed by atoms with Gasteiger partial charge in [-0.05, 0) is 57.6 Å². The van der Waals surface area contributed by atoms with E-state index in [-0.39, 0.29) is 12.5 Å². The van der Waals surface area contributed by atoms with E-state index < -0.39 is 19.5 Å². The lowest BCUT2D eigenvalue weighted by Gasteiger charge is -2.34. The van der Waals surface area contributed by atoms with Crippen molar-refractivity contribution in [3.05, 3.63) is 192 Å². The van der Waals surface area contributed by atoms with E-state index in [1.807, 2.05) is 121 Å². The average Bonchev–Trinajstić information content (AvgIpc) is 3.45. The average molecular weight is 622 g/mol. The lowest BCUT2D eigenvalue weighted by atomic mass is 9.98. The molecule has 6 aromatic rings. The lowest BCUT2D eigenvalue weighted by Crippen LogP contribution is -2.38. The fourth-order valence-electron chi connectivity index (χ4n) is 6.19. The van der Waals surface area contributed by atoms with Crippen molar-refractivity contribution in [2.75, 3.05) is 6.61 Å². The van der Waals surface area contributed by atoms with E-state index in [1.165, 1.54) is 5.06 Å². The highest BCUT2D eigenvalue weighted by atomic mass is 31.2. The predicted octanol–water partition coefficient (Wildman–Crippen LogP) is 8.89. The Balaban J connectivity index is 1.32. The minimum absolute atomic E-state index is 0.0873. The van der Waals surface area contributed by atoms with E-state index >= 15 is 4.57 Å². The van der Waals surface area contributed by atoms with Gasteiger partial charge in [-0.1, -0.05) is 146 Å². The quantitative estimate of drug-likeness (QED) is 0.120. The van der Waals surface area contributed by atoms with Gasteiger partial charge in [0.15, 0.2) is 0 Å². The van der Waals surface area contributed by atoms with Crippen molar-refractivity contribution < 1.29 is 18.7 Å². The van der Waals surface area contributed by atoms with Crippen LogP contribution in [0, 0.1) is 0 Å². The second kappa shape index (κ2) is 13.0. The van der Waals surface area contributed by atoms with Crippen molar-refractivity contribution in [3.8, 4) is 11.1 Å². The van der Waals surface area contributed by atoms with Gasteiger partial charge in [-0.2, -0.15) is 9.69 Å². The van der Waals surface area contributed by atoms with Gasteiger partial charge >= 0.3 is 6.09 Å². The standard InChI is InChI=1S/C40H32NO4P/c42-40(44-29-38-36-27-15-13-25-34(36)35-26-14-16-28-37(35)38)41(39(30-17-5-1-6-18-30)31-19-7-2-8-20-31)45-46(43,32-21-9-3-10-22-32)33-23-11-4-12-24-33/h1-28,38-39H,29H2. The molecule has 226 valence electrons. The topological polar surface area (TPSA) is 55.8 Å². The molecule has 6 aromatic carbocycles. The largest absolute Gasteiger partial charge is 0.447 e. The Hall–Kier alpha value is -5.22. The number of carbonyl (C=O) groups is 1. The minimum atomic E-state index is -3.86. The number of amides is 1. The van der Waals surface area contributed by atoms with Crippen molar-refractivity contribution in [1.29, 1.82) is 0 Å². The molecule has 0 saturated heterocycles. The Morgan fingerprint density at radius 2 is 0.957 bits per heavy atom. The van der Waals surface area contributed by atoms with E-state index in [1.54, 1.807) is 24.3 Å². The summed E-state index contributed by atoms with van der Waals surface area (Å²) in [5.41, 5.74) is 6.05. The fraction of sp³-hybridized carbons (Fsp3) is 0.0750. The molecule has 0 heterocycles. The summed E-state index contributed by atoms with van der Waals surface area (Å²) in [5, 5.41) is 2.12. The van der Waals surface area contributed by atoms with Gasteiger partial charge < -0.3 is 4.74 Å². The Labute approximate surface area is 269 Å². The van der Waals surface area contributed by atoms with Crippen molar-refractivity contribution in [3.63, 3.8) is 0 Å². The van der Waals surface area contributed by atoms with Crippen LogP contribution in [0.25, 0.3) is 11.1 Å². The first-order chi connectivity index (χ1) is 22.6. The van der Waals surface area contributed by atoms with Crippen molar-refractivity contribution in [1.82, 2.24) is 5.06 Å². The maximum Gasteiger partial charge on any atom is 0.435 e. The number of rotatable bonds is 9. The normalized spacial score (nSPS) is 12.4. The van der Waals surface area contributed by atoms with Crippen LogP contribution in [-0.2, 0) is 13.9 Å². The first-order valence-electron chi connectivity index (χ1n) is 15.3. The SMILES string of the molecule is O=C(OCC1c2ccccc2-c2ccccc21)N(OP(=O)(c1ccccc1)c1ccccc1)C(c1ccccc1)c1ccccc1. The molecule has 0 saturated carbocycles. The molecular formula is C40H32NO4P. The number of hydroxylamine groups is 2. The highest BCUT2D eigenvalue weighted by Gasteiger charge is 2.40.